The Morgan fingerprint density at radius 3 is 2.36 bits per heavy atom. The lowest BCUT2D eigenvalue weighted by Crippen LogP contribution is -2.57. The number of amides is 3. The van der Waals surface area contributed by atoms with E-state index in [2.05, 4.69) is 9.88 Å². The molecule has 2 aromatic rings. The first-order valence-corrected chi connectivity index (χ1v) is 13.4. The molecule has 39 heavy (non-hydrogen) atoms. The van der Waals surface area contributed by atoms with Gasteiger partial charge in [0.1, 0.15) is 11.9 Å². The second-order valence-electron chi connectivity index (χ2n) is 10.8. The minimum absolute atomic E-state index is 0.0585. The smallest absolute Gasteiger partial charge is 0.417 e. The van der Waals surface area contributed by atoms with Gasteiger partial charge in [0.2, 0.25) is 11.8 Å². The van der Waals surface area contributed by atoms with Crippen LogP contribution in [0.15, 0.2) is 36.5 Å². The van der Waals surface area contributed by atoms with E-state index >= 15 is 0 Å². The summed E-state index contributed by atoms with van der Waals surface area (Å²) in [6.45, 7) is 1.58. The van der Waals surface area contributed by atoms with Gasteiger partial charge in [-0.3, -0.25) is 24.3 Å². The predicted molar refractivity (Wildman–Crippen MR) is 132 cm³/mol. The fourth-order valence-corrected chi connectivity index (χ4v) is 6.12. The fourth-order valence-electron chi connectivity index (χ4n) is 6.12. The first kappa shape index (κ1) is 25.8. The molecule has 11 heteroatoms. The lowest BCUT2D eigenvalue weighted by Gasteiger charge is -2.48. The van der Waals surface area contributed by atoms with Crippen molar-refractivity contribution in [3.05, 3.63) is 58.9 Å². The van der Waals surface area contributed by atoms with Crippen LogP contribution in [-0.4, -0.2) is 62.9 Å². The van der Waals surface area contributed by atoms with Crippen molar-refractivity contribution in [3.8, 4) is 5.75 Å². The van der Waals surface area contributed by atoms with Gasteiger partial charge in [-0.15, -0.1) is 0 Å². The predicted octanol–water partition coefficient (Wildman–Crippen LogP) is 4.30. The molecule has 0 N–H and O–H groups in total. The molecule has 1 aromatic carbocycles. The van der Waals surface area contributed by atoms with E-state index in [0.717, 1.165) is 43.0 Å². The van der Waals surface area contributed by atoms with Crippen LogP contribution in [0.1, 0.15) is 78.0 Å². The van der Waals surface area contributed by atoms with Gasteiger partial charge < -0.3 is 4.74 Å². The molecule has 3 aliphatic heterocycles. The molecule has 1 saturated carbocycles. The van der Waals surface area contributed by atoms with E-state index in [4.69, 9.17) is 4.74 Å². The van der Waals surface area contributed by atoms with Crippen LogP contribution < -0.4 is 4.74 Å². The highest BCUT2D eigenvalue weighted by atomic mass is 19.4. The van der Waals surface area contributed by atoms with Gasteiger partial charge in [0.05, 0.1) is 12.1 Å². The van der Waals surface area contributed by atoms with E-state index in [1.165, 1.54) is 11.1 Å². The summed E-state index contributed by atoms with van der Waals surface area (Å²) >= 11 is 0. The molecule has 2 atom stereocenters. The maximum Gasteiger partial charge on any atom is 0.417 e. The summed E-state index contributed by atoms with van der Waals surface area (Å²) < 4.78 is 45.0. The third kappa shape index (κ3) is 4.88. The Balaban J connectivity index is 1.11. The number of likely N-dealkylation sites (tertiary alicyclic amines) is 1. The SMILES string of the molecule is O=C1c2ccc(O[C@@H]3CCCC[C@H]3N3CC(c4ccc(C(F)(F)F)cn4)C3)cc2CN1N1C(=O)CCCC1=O. The lowest BCUT2D eigenvalue weighted by molar-refractivity contribution is -0.163. The minimum Gasteiger partial charge on any atom is -0.489 e. The fraction of sp³-hybridized carbons (Fsp3) is 0.500. The summed E-state index contributed by atoms with van der Waals surface area (Å²) in [4.78, 5) is 44.1. The molecule has 0 spiro atoms. The molecular formula is C28H29F3N4O4. The Labute approximate surface area is 223 Å². The average molecular weight is 543 g/mol. The van der Waals surface area contributed by atoms with Gasteiger partial charge in [-0.1, -0.05) is 6.42 Å². The summed E-state index contributed by atoms with van der Waals surface area (Å²) in [5.41, 5.74) is 1.11. The van der Waals surface area contributed by atoms with Crippen molar-refractivity contribution in [2.75, 3.05) is 13.1 Å². The van der Waals surface area contributed by atoms with E-state index in [1.54, 1.807) is 12.1 Å². The number of alkyl halides is 3. The highest BCUT2D eigenvalue weighted by Crippen LogP contribution is 2.37. The van der Waals surface area contributed by atoms with E-state index in [0.29, 0.717) is 42.1 Å². The van der Waals surface area contributed by atoms with Gasteiger partial charge >= 0.3 is 6.18 Å². The molecule has 4 heterocycles. The molecule has 0 radical (unpaired) electrons. The molecule has 1 aliphatic carbocycles. The summed E-state index contributed by atoms with van der Waals surface area (Å²) in [6.07, 6.45) is 1.41. The van der Waals surface area contributed by atoms with Crippen LogP contribution in [0, 0.1) is 0 Å². The van der Waals surface area contributed by atoms with E-state index in [1.807, 2.05) is 6.07 Å². The zero-order valence-electron chi connectivity index (χ0n) is 21.3. The molecule has 6 rings (SSSR count). The number of hydrazine groups is 1. The van der Waals surface area contributed by atoms with Gasteiger partial charge in [0.25, 0.3) is 5.91 Å². The summed E-state index contributed by atoms with van der Waals surface area (Å²) in [5.74, 6) is -0.342. The van der Waals surface area contributed by atoms with Crippen LogP contribution in [0.5, 0.6) is 5.75 Å². The molecule has 1 aromatic heterocycles. The standard InChI is InChI=1S/C28H29F3N4O4/c29-28(30,31)19-8-11-22(32-13-19)18-14-33(15-18)23-4-1-2-5-24(23)39-20-9-10-21-17(12-20)16-34(27(21)38)35-25(36)6-3-7-26(35)37/h8-13,18,23-24H,1-7,14-16H2/t23-,24-/m1/s1. The largest absolute Gasteiger partial charge is 0.489 e. The Bertz CT molecular complexity index is 1280. The number of nitrogens with zero attached hydrogens (tertiary/aromatic N) is 4. The van der Waals surface area contributed by atoms with Crippen LogP contribution in [0.25, 0.3) is 0 Å². The van der Waals surface area contributed by atoms with Crippen molar-refractivity contribution in [2.24, 2.45) is 0 Å². The number of piperidine rings is 1. The number of fused-ring (bicyclic) bond motifs is 1. The van der Waals surface area contributed by atoms with Crippen molar-refractivity contribution in [1.82, 2.24) is 19.9 Å². The Hall–Kier alpha value is -3.47. The highest BCUT2D eigenvalue weighted by Gasteiger charge is 2.42. The molecule has 3 fully saturated rings. The van der Waals surface area contributed by atoms with Gasteiger partial charge in [-0.2, -0.15) is 18.2 Å². The topological polar surface area (TPSA) is 83.1 Å². The highest BCUT2D eigenvalue weighted by molar-refractivity contribution is 6.04. The van der Waals surface area contributed by atoms with Gasteiger partial charge in [0, 0.05) is 55.3 Å². The number of rotatable bonds is 5. The van der Waals surface area contributed by atoms with Crippen molar-refractivity contribution >= 4 is 17.7 Å². The number of hydrogen-bond donors (Lipinski definition) is 0. The van der Waals surface area contributed by atoms with Crippen LogP contribution in [0.4, 0.5) is 13.2 Å². The second kappa shape index (κ2) is 9.93. The molecule has 2 saturated heterocycles. The van der Waals surface area contributed by atoms with E-state index < -0.39 is 11.7 Å². The molecule has 0 unspecified atom stereocenters. The molecule has 0 bridgehead atoms. The Morgan fingerprint density at radius 2 is 1.67 bits per heavy atom. The second-order valence-corrected chi connectivity index (χ2v) is 10.8. The van der Waals surface area contributed by atoms with Crippen LogP contribution in [0.3, 0.4) is 0 Å². The van der Waals surface area contributed by atoms with Gasteiger partial charge in [0.15, 0.2) is 0 Å². The van der Waals surface area contributed by atoms with Crippen LogP contribution in [0.2, 0.25) is 0 Å². The zero-order chi connectivity index (χ0) is 27.3. The number of imide groups is 1. The zero-order valence-corrected chi connectivity index (χ0v) is 21.3. The summed E-state index contributed by atoms with van der Waals surface area (Å²) in [6, 6.07) is 8.02. The Kier molecular flexibility index (Phi) is 6.57. The van der Waals surface area contributed by atoms with E-state index in [9.17, 15) is 27.6 Å². The molecular weight excluding hydrogens is 513 g/mol. The number of carbonyl (C=O) groups is 3. The van der Waals surface area contributed by atoms with Crippen molar-refractivity contribution in [3.63, 3.8) is 0 Å². The maximum atomic E-state index is 13.0. The third-order valence-corrected chi connectivity index (χ3v) is 8.22. The first-order valence-electron chi connectivity index (χ1n) is 13.4. The molecule has 4 aliphatic rings. The molecule has 206 valence electrons. The van der Waals surface area contributed by atoms with Crippen LogP contribution >= 0.6 is 0 Å². The van der Waals surface area contributed by atoms with Crippen molar-refractivity contribution in [1.29, 1.82) is 0 Å². The third-order valence-electron chi connectivity index (χ3n) is 8.22. The Morgan fingerprint density at radius 1 is 0.923 bits per heavy atom. The minimum atomic E-state index is -4.39. The quantitative estimate of drug-likeness (QED) is 0.524. The number of ether oxygens (including phenoxy) is 1. The number of aromatic nitrogens is 1. The normalized spacial score (nSPS) is 24.6. The van der Waals surface area contributed by atoms with Gasteiger partial charge in [-0.25, -0.2) is 5.01 Å². The van der Waals surface area contributed by atoms with E-state index in [-0.39, 0.29) is 55.2 Å². The van der Waals surface area contributed by atoms with Gasteiger partial charge in [-0.05, 0) is 61.6 Å². The number of halogens is 3. The van der Waals surface area contributed by atoms with Crippen molar-refractivity contribution in [2.45, 2.75) is 75.7 Å². The summed E-state index contributed by atoms with van der Waals surface area (Å²) in [7, 11) is 0. The number of hydrogen-bond acceptors (Lipinski definition) is 6. The maximum absolute atomic E-state index is 13.0. The number of pyridine rings is 1. The monoisotopic (exact) mass is 542 g/mol. The van der Waals surface area contributed by atoms with Crippen LogP contribution in [-0.2, 0) is 22.3 Å². The number of benzene rings is 1. The molecule has 8 nitrogen and oxygen atoms in total. The first-order chi connectivity index (χ1) is 18.7. The molecule has 3 amide bonds. The average Bonchev–Trinajstić information content (AvgIpc) is 3.19. The van der Waals surface area contributed by atoms with Crippen molar-refractivity contribution < 1.29 is 32.3 Å². The summed E-state index contributed by atoms with van der Waals surface area (Å²) in [5, 5.41) is 2.23. The lowest BCUT2D eigenvalue weighted by atomic mass is 9.85. The number of carbonyl (C=O) groups excluding carboxylic acids is 3.